The van der Waals surface area contributed by atoms with Gasteiger partial charge in [0, 0.05) is 43.6 Å². The van der Waals surface area contributed by atoms with E-state index in [0.717, 1.165) is 44.6 Å². The van der Waals surface area contributed by atoms with Gasteiger partial charge >= 0.3 is 5.69 Å². The molecule has 28 heavy (non-hydrogen) atoms. The Labute approximate surface area is 159 Å². The third kappa shape index (κ3) is 2.27. The maximum absolute atomic E-state index is 13.1. The Morgan fingerprint density at radius 3 is 2.61 bits per heavy atom. The van der Waals surface area contributed by atoms with Crippen molar-refractivity contribution in [3.63, 3.8) is 0 Å². The van der Waals surface area contributed by atoms with Gasteiger partial charge in [-0.25, -0.2) is 4.79 Å². The minimum Gasteiger partial charge on any atom is -0.293 e. The lowest BCUT2D eigenvalue weighted by Gasteiger charge is -2.07. The first-order chi connectivity index (χ1) is 13.5. The predicted molar refractivity (Wildman–Crippen MR) is 106 cm³/mol. The molecule has 0 saturated heterocycles. The summed E-state index contributed by atoms with van der Waals surface area (Å²) in [4.78, 5) is 26.2. The highest BCUT2D eigenvalue weighted by Crippen LogP contribution is 2.29. The van der Waals surface area contributed by atoms with Crippen LogP contribution in [0.15, 0.2) is 54.0 Å². The summed E-state index contributed by atoms with van der Waals surface area (Å²) in [6, 6.07) is 5.92. The lowest BCUT2D eigenvalue weighted by Crippen LogP contribution is -2.21. The molecule has 0 unspecified atom stereocenters. The maximum atomic E-state index is 13.1. The van der Waals surface area contributed by atoms with Gasteiger partial charge in [0.15, 0.2) is 0 Å². The highest BCUT2D eigenvalue weighted by molar-refractivity contribution is 6.04. The number of imidazole rings is 1. The molecule has 0 bridgehead atoms. The third-order valence-corrected chi connectivity index (χ3v) is 4.97. The minimum atomic E-state index is -0.134. The van der Waals surface area contributed by atoms with Crippen LogP contribution in [0.4, 0.5) is 0 Å². The molecule has 1 aromatic carbocycles. The van der Waals surface area contributed by atoms with Gasteiger partial charge < -0.3 is 0 Å². The van der Waals surface area contributed by atoms with Crippen molar-refractivity contribution in [1.29, 1.82) is 0 Å². The summed E-state index contributed by atoms with van der Waals surface area (Å²) in [5.41, 5.74) is 5.47. The summed E-state index contributed by atoms with van der Waals surface area (Å²) < 4.78 is 5.04. The molecule has 8 nitrogen and oxygen atoms in total. The number of hydrogen-bond donors (Lipinski definition) is 0. The number of aromatic nitrogens is 7. The van der Waals surface area contributed by atoms with Gasteiger partial charge in [0.1, 0.15) is 0 Å². The lowest BCUT2D eigenvalue weighted by molar-refractivity contribution is 0.756. The summed E-state index contributed by atoms with van der Waals surface area (Å²) in [7, 11) is 3.60. The van der Waals surface area contributed by atoms with E-state index in [0.29, 0.717) is 0 Å². The zero-order valence-electron chi connectivity index (χ0n) is 15.7. The number of pyridine rings is 1. The Bertz CT molecular complexity index is 1410. The van der Waals surface area contributed by atoms with Crippen LogP contribution in [0, 0.1) is 6.92 Å². The van der Waals surface area contributed by atoms with Gasteiger partial charge in [-0.05, 0) is 19.1 Å². The van der Waals surface area contributed by atoms with Crippen molar-refractivity contribution in [2.24, 2.45) is 14.1 Å². The molecule has 0 aliphatic heterocycles. The van der Waals surface area contributed by atoms with Crippen LogP contribution in [0.5, 0.6) is 0 Å². The SMILES string of the molecule is Cc1nn(C)cc1-n1c(=O)n(C)c2cnc3ccc(-c4cnccn4)cc3c21. The van der Waals surface area contributed by atoms with Crippen molar-refractivity contribution in [3.8, 4) is 16.9 Å². The Morgan fingerprint density at radius 1 is 1.04 bits per heavy atom. The van der Waals surface area contributed by atoms with Gasteiger partial charge in [0.25, 0.3) is 0 Å². The van der Waals surface area contributed by atoms with Crippen molar-refractivity contribution in [3.05, 3.63) is 65.4 Å². The average molecular weight is 371 g/mol. The Kier molecular flexibility index (Phi) is 3.42. The Hall–Kier alpha value is -3.81. The summed E-state index contributed by atoms with van der Waals surface area (Å²) in [5.74, 6) is 0. The molecule has 0 spiro atoms. The van der Waals surface area contributed by atoms with E-state index in [4.69, 9.17) is 0 Å². The molecule has 0 N–H and O–H groups in total. The van der Waals surface area contributed by atoms with Crippen LogP contribution in [-0.4, -0.2) is 33.9 Å². The molecule has 138 valence electrons. The average Bonchev–Trinajstić information content (AvgIpc) is 3.17. The van der Waals surface area contributed by atoms with Gasteiger partial charge in [-0.15, -0.1) is 0 Å². The van der Waals surface area contributed by atoms with Crippen LogP contribution in [0.25, 0.3) is 38.9 Å². The second-order valence-corrected chi connectivity index (χ2v) is 6.77. The topological polar surface area (TPSA) is 83.4 Å². The zero-order valence-corrected chi connectivity index (χ0v) is 15.7. The van der Waals surface area contributed by atoms with Crippen molar-refractivity contribution >= 4 is 21.9 Å². The monoisotopic (exact) mass is 371 g/mol. The summed E-state index contributed by atoms with van der Waals surface area (Å²) in [6.45, 7) is 1.90. The highest BCUT2D eigenvalue weighted by atomic mass is 16.1. The molecule has 0 atom stereocenters. The number of aryl methyl sites for hydroxylation is 3. The largest absolute Gasteiger partial charge is 0.333 e. The summed E-state index contributed by atoms with van der Waals surface area (Å²) in [6.07, 6.45) is 8.62. The standard InChI is InChI=1S/C20H17N7O/c1-12-18(11-25(2)24-12)27-19-14-8-13(16-9-21-6-7-22-16)4-5-15(14)23-10-17(19)26(3)20(27)28/h4-11H,1-3H3. The molecule has 8 heteroatoms. The fourth-order valence-electron chi connectivity index (χ4n) is 3.63. The first-order valence-corrected chi connectivity index (χ1v) is 8.82. The molecule has 5 aromatic rings. The molecule has 5 rings (SSSR count). The van der Waals surface area contributed by atoms with Crippen LogP contribution >= 0.6 is 0 Å². The lowest BCUT2D eigenvalue weighted by atomic mass is 10.1. The fraction of sp³-hybridized carbons (Fsp3) is 0.150. The van der Waals surface area contributed by atoms with Crippen LogP contribution in [0.2, 0.25) is 0 Å². The van der Waals surface area contributed by atoms with Crippen molar-refractivity contribution < 1.29 is 0 Å². The van der Waals surface area contributed by atoms with Crippen LogP contribution in [-0.2, 0) is 14.1 Å². The first kappa shape index (κ1) is 16.4. The molecule has 4 aromatic heterocycles. The molecule has 0 saturated carbocycles. The van der Waals surface area contributed by atoms with Gasteiger partial charge in [0.2, 0.25) is 0 Å². The van der Waals surface area contributed by atoms with Crippen LogP contribution < -0.4 is 5.69 Å². The van der Waals surface area contributed by atoms with E-state index in [2.05, 4.69) is 20.1 Å². The van der Waals surface area contributed by atoms with Crippen LogP contribution in [0.1, 0.15) is 5.69 Å². The minimum absolute atomic E-state index is 0.134. The van der Waals surface area contributed by atoms with E-state index >= 15 is 0 Å². The highest BCUT2D eigenvalue weighted by Gasteiger charge is 2.19. The molecule has 0 fully saturated rings. The zero-order chi connectivity index (χ0) is 19.4. The second kappa shape index (κ2) is 5.85. The summed E-state index contributed by atoms with van der Waals surface area (Å²) >= 11 is 0. The van der Waals surface area contributed by atoms with E-state index < -0.39 is 0 Å². The van der Waals surface area contributed by atoms with E-state index in [1.807, 2.05) is 38.4 Å². The molecule has 0 aliphatic carbocycles. The molecular weight excluding hydrogens is 354 g/mol. The molecule has 0 aliphatic rings. The van der Waals surface area contributed by atoms with Gasteiger partial charge in [0.05, 0.1) is 46.0 Å². The van der Waals surface area contributed by atoms with Crippen LogP contribution in [0.3, 0.4) is 0 Å². The van der Waals surface area contributed by atoms with E-state index in [1.165, 1.54) is 0 Å². The molecule has 4 heterocycles. The van der Waals surface area contributed by atoms with E-state index in [1.54, 1.807) is 45.7 Å². The second-order valence-electron chi connectivity index (χ2n) is 6.77. The first-order valence-electron chi connectivity index (χ1n) is 8.82. The van der Waals surface area contributed by atoms with Crippen molar-refractivity contribution in [1.82, 2.24) is 33.9 Å². The smallest absolute Gasteiger partial charge is 0.293 e. The molecule has 0 radical (unpaired) electrons. The number of rotatable bonds is 2. The van der Waals surface area contributed by atoms with E-state index in [9.17, 15) is 4.79 Å². The fourth-order valence-corrected chi connectivity index (χ4v) is 3.63. The Morgan fingerprint density at radius 2 is 1.89 bits per heavy atom. The number of benzene rings is 1. The number of hydrogen-bond acceptors (Lipinski definition) is 5. The quantitative estimate of drug-likeness (QED) is 0.476. The normalized spacial score (nSPS) is 11.5. The predicted octanol–water partition coefficient (Wildman–Crippen LogP) is 2.38. The van der Waals surface area contributed by atoms with Gasteiger partial charge in [-0.3, -0.25) is 28.8 Å². The van der Waals surface area contributed by atoms with Gasteiger partial charge in [-0.2, -0.15) is 5.10 Å². The van der Waals surface area contributed by atoms with Crippen molar-refractivity contribution in [2.75, 3.05) is 0 Å². The molecular formula is C20H17N7O. The van der Waals surface area contributed by atoms with Gasteiger partial charge in [-0.1, -0.05) is 6.07 Å². The summed E-state index contributed by atoms with van der Waals surface area (Å²) in [5, 5.41) is 5.28. The maximum Gasteiger partial charge on any atom is 0.333 e. The number of nitrogens with zero attached hydrogens (tertiary/aromatic N) is 7. The Balaban J connectivity index is 1.92. The number of fused-ring (bicyclic) bond motifs is 3. The van der Waals surface area contributed by atoms with Crippen molar-refractivity contribution in [2.45, 2.75) is 6.92 Å². The molecule has 0 amide bonds. The van der Waals surface area contributed by atoms with E-state index in [-0.39, 0.29) is 5.69 Å². The third-order valence-electron chi connectivity index (χ3n) is 4.97.